The Balaban J connectivity index is 1.93. The smallest absolute Gasteiger partial charge is 0.147 e. The molecule has 1 N–H and O–H groups in total. The number of hydrogen-bond acceptors (Lipinski definition) is 4. The molecule has 0 heterocycles. The van der Waals surface area contributed by atoms with Gasteiger partial charge in [0.2, 0.25) is 0 Å². The van der Waals surface area contributed by atoms with E-state index in [9.17, 15) is 5.11 Å². The van der Waals surface area contributed by atoms with Gasteiger partial charge in [-0.15, -0.1) is 0 Å². The van der Waals surface area contributed by atoms with E-state index in [1.54, 1.807) is 6.92 Å². The summed E-state index contributed by atoms with van der Waals surface area (Å²) in [7, 11) is 0. The van der Waals surface area contributed by atoms with E-state index in [2.05, 4.69) is 26.0 Å². The predicted molar refractivity (Wildman–Crippen MR) is 132 cm³/mol. The molecule has 0 saturated heterocycles. The van der Waals surface area contributed by atoms with Crippen LogP contribution in [-0.4, -0.2) is 24.9 Å². The summed E-state index contributed by atoms with van der Waals surface area (Å²) in [4.78, 5) is 0. The molecular weight excluding hydrogens is 424 g/mol. The van der Waals surface area contributed by atoms with Crippen molar-refractivity contribution >= 4 is 11.6 Å². The molecule has 3 atom stereocenters. The van der Waals surface area contributed by atoms with Crippen molar-refractivity contribution in [2.24, 2.45) is 0 Å². The minimum Gasteiger partial charge on any atom is -0.493 e. The van der Waals surface area contributed by atoms with Crippen LogP contribution in [0, 0.1) is 0 Å². The van der Waals surface area contributed by atoms with E-state index in [4.69, 9.17) is 25.8 Å². The van der Waals surface area contributed by atoms with Crippen LogP contribution in [-0.2, 0) is 4.74 Å². The van der Waals surface area contributed by atoms with Gasteiger partial charge in [-0.05, 0) is 63.6 Å². The number of benzene rings is 2. The molecule has 178 valence electrons. The zero-order chi connectivity index (χ0) is 23.5. The Hall–Kier alpha value is -1.75. The summed E-state index contributed by atoms with van der Waals surface area (Å²) in [5.74, 6) is 1.45. The lowest BCUT2D eigenvalue weighted by molar-refractivity contribution is 0.0627. The monoisotopic (exact) mass is 462 g/mol. The van der Waals surface area contributed by atoms with Crippen LogP contribution >= 0.6 is 11.6 Å². The molecule has 32 heavy (non-hydrogen) atoms. The van der Waals surface area contributed by atoms with E-state index in [0.717, 1.165) is 37.9 Å². The van der Waals surface area contributed by atoms with Gasteiger partial charge < -0.3 is 19.3 Å². The highest BCUT2D eigenvalue weighted by molar-refractivity contribution is 6.33. The minimum absolute atomic E-state index is 0.121. The third-order valence-corrected chi connectivity index (χ3v) is 6.09. The maximum absolute atomic E-state index is 10.3. The fourth-order valence-corrected chi connectivity index (χ4v) is 4.32. The van der Waals surface area contributed by atoms with Crippen molar-refractivity contribution in [2.45, 2.75) is 78.4 Å². The van der Waals surface area contributed by atoms with Crippen molar-refractivity contribution in [3.63, 3.8) is 0 Å². The second-order valence-electron chi connectivity index (χ2n) is 8.24. The first-order valence-electron chi connectivity index (χ1n) is 11.9. The largest absolute Gasteiger partial charge is 0.493 e. The molecule has 5 heteroatoms. The lowest BCUT2D eigenvalue weighted by atomic mass is 9.92. The van der Waals surface area contributed by atoms with Crippen LogP contribution in [0.25, 0.3) is 0 Å². The van der Waals surface area contributed by atoms with E-state index in [0.29, 0.717) is 35.3 Å². The van der Waals surface area contributed by atoms with Gasteiger partial charge >= 0.3 is 0 Å². The zero-order valence-corrected chi connectivity index (χ0v) is 21.0. The number of halogens is 1. The molecule has 0 bridgehead atoms. The van der Waals surface area contributed by atoms with Gasteiger partial charge in [-0.25, -0.2) is 0 Å². The van der Waals surface area contributed by atoms with Gasteiger partial charge in [-0.1, -0.05) is 61.7 Å². The predicted octanol–water partition coefficient (Wildman–Crippen LogP) is 7.63. The number of unbranched alkanes of at least 4 members (excludes halogenated alkanes) is 2. The van der Waals surface area contributed by atoms with Gasteiger partial charge in [0.1, 0.15) is 11.5 Å². The molecule has 2 rings (SSSR count). The van der Waals surface area contributed by atoms with Crippen molar-refractivity contribution < 1.29 is 19.3 Å². The van der Waals surface area contributed by atoms with Crippen molar-refractivity contribution in [2.75, 3.05) is 19.8 Å². The fourth-order valence-electron chi connectivity index (χ4n) is 3.92. The molecule has 0 spiro atoms. The molecule has 1 unspecified atom stereocenters. The molecule has 0 saturated carbocycles. The molecule has 0 aromatic heterocycles. The zero-order valence-electron chi connectivity index (χ0n) is 20.2. The van der Waals surface area contributed by atoms with E-state index < -0.39 is 6.10 Å². The standard InChI is InChI=1S/C27H39ClO4/c1-6-30-24-18-23(26(28)27(31-7-2)25(24)20(4)29)19(3)14-10-9-13-17-32-21(5)22-15-11-8-12-16-22/h8,11-12,15-16,18-21,29H,6-7,9-10,13-14,17H2,1-5H3/t19-,20?,21-/m0/s1. The van der Waals surface area contributed by atoms with Gasteiger partial charge in [-0.2, -0.15) is 0 Å². The topological polar surface area (TPSA) is 47.9 Å². The van der Waals surface area contributed by atoms with E-state index in [-0.39, 0.29) is 12.0 Å². The van der Waals surface area contributed by atoms with Crippen LogP contribution in [0.3, 0.4) is 0 Å². The molecule has 0 aliphatic rings. The first kappa shape index (κ1) is 26.5. The molecule has 0 fully saturated rings. The average Bonchev–Trinajstić information content (AvgIpc) is 2.78. The SMILES string of the molecule is CCOc1cc([C@@H](C)CCCCCO[C@@H](C)c2ccccc2)c(Cl)c(OCC)c1C(C)O. The minimum atomic E-state index is -0.724. The quantitative estimate of drug-likeness (QED) is 0.293. The molecule has 2 aromatic carbocycles. The first-order chi connectivity index (χ1) is 15.4. The Bertz CT molecular complexity index is 807. The van der Waals surface area contributed by atoms with Crippen LogP contribution < -0.4 is 9.47 Å². The summed E-state index contributed by atoms with van der Waals surface area (Å²) in [5, 5.41) is 10.9. The lowest BCUT2D eigenvalue weighted by Crippen LogP contribution is -2.08. The molecule has 0 aliphatic heterocycles. The Morgan fingerprint density at radius 1 is 0.938 bits per heavy atom. The van der Waals surface area contributed by atoms with Crippen LogP contribution in [0.4, 0.5) is 0 Å². The Kier molecular flexibility index (Phi) is 11.4. The van der Waals surface area contributed by atoms with Crippen molar-refractivity contribution in [3.8, 4) is 11.5 Å². The summed E-state index contributed by atoms with van der Waals surface area (Å²) < 4.78 is 17.6. The maximum Gasteiger partial charge on any atom is 0.147 e. The van der Waals surface area contributed by atoms with E-state index in [1.165, 1.54) is 5.56 Å². The van der Waals surface area contributed by atoms with Crippen molar-refractivity contribution in [1.82, 2.24) is 0 Å². The highest BCUT2D eigenvalue weighted by atomic mass is 35.5. The van der Waals surface area contributed by atoms with Gasteiger partial charge in [0, 0.05) is 6.61 Å². The third kappa shape index (κ3) is 7.40. The van der Waals surface area contributed by atoms with Crippen LogP contribution in [0.2, 0.25) is 5.02 Å². The van der Waals surface area contributed by atoms with Crippen LogP contribution in [0.5, 0.6) is 11.5 Å². The van der Waals surface area contributed by atoms with Gasteiger partial charge in [-0.3, -0.25) is 0 Å². The molecule has 0 amide bonds. The molecule has 2 aromatic rings. The molecule has 4 nitrogen and oxygen atoms in total. The van der Waals surface area contributed by atoms with Crippen LogP contribution in [0.1, 0.15) is 95.1 Å². The molecular formula is C27H39ClO4. The Morgan fingerprint density at radius 3 is 2.25 bits per heavy atom. The summed E-state index contributed by atoms with van der Waals surface area (Å²) in [5.41, 5.74) is 2.85. The van der Waals surface area contributed by atoms with Gasteiger partial charge in [0.15, 0.2) is 0 Å². The second kappa shape index (κ2) is 13.7. The van der Waals surface area contributed by atoms with Crippen molar-refractivity contribution in [1.29, 1.82) is 0 Å². The van der Waals surface area contributed by atoms with Gasteiger partial charge in [0.05, 0.1) is 36.0 Å². The summed E-state index contributed by atoms with van der Waals surface area (Å²) in [6.45, 7) is 11.6. The summed E-state index contributed by atoms with van der Waals surface area (Å²) in [6.07, 6.45) is 3.64. The Labute approximate surface area is 198 Å². The number of rotatable bonds is 14. The van der Waals surface area contributed by atoms with Crippen molar-refractivity contribution in [3.05, 3.63) is 58.1 Å². The highest BCUT2D eigenvalue weighted by Crippen LogP contribution is 2.45. The lowest BCUT2D eigenvalue weighted by Gasteiger charge is -2.23. The van der Waals surface area contributed by atoms with Gasteiger partial charge in [0.25, 0.3) is 0 Å². The highest BCUT2D eigenvalue weighted by Gasteiger charge is 2.24. The summed E-state index contributed by atoms with van der Waals surface area (Å²) in [6, 6.07) is 12.3. The fraction of sp³-hybridized carbons (Fsp3) is 0.556. The van der Waals surface area contributed by atoms with E-state index in [1.807, 2.05) is 38.1 Å². The third-order valence-electron chi connectivity index (χ3n) is 5.71. The maximum atomic E-state index is 10.3. The number of hydrogen-bond donors (Lipinski definition) is 1. The molecule has 0 radical (unpaired) electrons. The number of aliphatic hydroxyl groups is 1. The first-order valence-corrected chi connectivity index (χ1v) is 12.2. The average molecular weight is 463 g/mol. The molecule has 0 aliphatic carbocycles. The second-order valence-corrected chi connectivity index (χ2v) is 8.61. The summed E-state index contributed by atoms with van der Waals surface area (Å²) >= 11 is 6.75. The number of ether oxygens (including phenoxy) is 3. The number of aliphatic hydroxyl groups excluding tert-OH is 1. The normalized spacial score (nSPS) is 14.1. The van der Waals surface area contributed by atoms with E-state index >= 15 is 0 Å². The Morgan fingerprint density at radius 2 is 1.62 bits per heavy atom. The van der Waals surface area contributed by atoms with Crippen LogP contribution in [0.15, 0.2) is 36.4 Å².